The Hall–Kier alpha value is -2.58. The first-order valence-electron chi connectivity index (χ1n) is 9.21. The second-order valence-corrected chi connectivity index (χ2v) is 10.0. The van der Waals surface area contributed by atoms with Crippen molar-refractivity contribution in [3.63, 3.8) is 0 Å². The fourth-order valence-corrected chi connectivity index (χ4v) is 6.79. The van der Waals surface area contributed by atoms with Crippen molar-refractivity contribution in [3.8, 4) is 0 Å². The van der Waals surface area contributed by atoms with E-state index in [1.165, 1.54) is 12.1 Å². The number of nitrogens with one attached hydrogen (secondary N) is 1. The van der Waals surface area contributed by atoms with Crippen molar-refractivity contribution in [2.75, 3.05) is 16.6 Å². The van der Waals surface area contributed by atoms with Gasteiger partial charge in [-0.1, -0.05) is 24.3 Å². The number of halogens is 1. The number of carbonyl (C=O) groups excluding carboxylic acids is 1. The zero-order chi connectivity index (χ0) is 20.2. The molecule has 2 aliphatic heterocycles. The van der Waals surface area contributed by atoms with E-state index in [0.29, 0.717) is 17.5 Å². The van der Waals surface area contributed by atoms with Crippen molar-refractivity contribution < 1.29 is 17.6 Å². The summed E-state index contributed by atoms with van der Waals surface area (Å²) < 4.78 is 40.9. The summed E-state index contributed by atoms with van der Waals surface area (Å²) in [5.74, 6) is 0.0383. The first-order chi connectivity index (χ1) is 13.9. The van der Waals surface area contributed by atoms with E-state index in [1.807, 2.05) is 12.1 Å². The molecule has 0 aromatic heterocycles. The van der Waals surface area contributed by atoms with Crippen LogP contribution in [0.2, 0.25) is 0 Å². The van der Waals surface area contributed by atoms with Crippen LogP contribution in [-0.2, 0) is 14.8 Å². The first-order valence-corrected chi connectivity index (χ1v) is 11.6. The van der Waals surface area contributed by atoms with Crippen molar-refractivity contribution in [1.82, 2.24) is 5.32 Å². The Labute approximate surface area is 172 Å². The van der Waals surface area contributed by atoms with Gasteiger partial charge in [-0.05, 0) is 47.7 Å². The molecule has 0 radical (unpaired) electrons. The molecule has 0 spiro atoms. The highest BCUT2D eigenvalue weighted by atomic mass is 32.2. The molecule has 3 aromatic rings. The average Bonchev–Trinajstić information content (AvgIpc) is 2.92. The lowest BCUT2D eigenvalue weighted by Gasteiger charge is -2.27. The van der Waals surface area contributed by atoms with Crippen LogP contribution in [-0.4, -0.2) is 26.6 Å². The van der Waals surface area contributed by atoms with Crippen LogP contribution in [0.5, 0.6) is 0 Å². The number of hydrogen-bond donors (Lipinski definition) is 1. The van der Waals surface area contributed by atoms with E-state index >= 15 is 0 Å². The maximum Gasteiger partial charge on any atom is 0.265 e. The number of rotatable bonds is 3. The van der Waals surface area contributed by atoms with Crippen LogP contribution in [0.4, 0.5) is 10.1 Å². The first kappa shape index (κ1) is 18.4. The van der Waals surface area contributed by atoms with Crippen LogP contribution in [0.1, 0.15) is 18.0 Å². The highest BCUT2D eigenvalue weighted by molar-refractivity contribution is 7.99. The number of anilines is 1. The molecule has 1 atom stereocenters. The molecule has 2 aliphatic rings. The Morgan fingerprint density at radius 2 is 1.97 bits per heavy atom. The third-order valence-electron chi connectivity index (χ3n) is 5.31. The molecule has 0 bridgehead atoms. The van der Waals surface area contributed by atoms with Gasteiger partial charge in [-0.15, -0.1) is 11.8 Å². The number of fused-ring (bicyclic) bond motifs is 1. The van der Waals surface area contributed by atoms with Crippen molar-refractivity contribution in [2.45, 2.75) is 22.3 Å². The molecule has 29 heavy (non-hydrogen) atoms. The smallest absolute Gasteiger partial charge is 0.265 e. The van der Waals surface area contributed by atoms with Crippen LogP contribution in [0.15, 0.2) is 64.4 Å². The summed E-state index contributed by atoms with van der Waals surface area (Å²) in [4.78, 5) is 14.0. The second kappa shape index (κ2) is 6.74. The molecule has 1 N–H and O–H groups in total. The van der Waals surface area contributed by atoms with Gasteiger partial charge in [0.05, 0.1) is 16.6 Å². The molecule has 0 saturated heterocycles. The Morgan fingerprint density at radius 1 is 1.17 bits per heavy atom. The predicted molar refractivity (Wildman–Crippen MR) is 111 cm³/mol. The van der Waals surface area contributed by atoms with Crippen LogP contribution < -0.4 is 9.62 Å². The lowest BCUT2D eigenvalue weighted by atomic mass is 10.0. The van der Waals surface area contributed by atoms with E-state index in [1.54, 1.807) is 42.1 Å². The normalized spacial score (nSPS) is 19.2. The minimum absolute atomic E-state index is 0.222. The zero-order valence-electron chi connectivity index (χ0n) is 15.3. The minimum Gasteiger partial charge on any atom is -0.348 e. The Kier molecular flexibility index (Phi) is 4.29. The molecule has 0 saturated carbocycles. The molecule has 1 amide bonds. The van der Waals surface area contributed by atoms with Crippen LogP contribution in [0.25, 0.3) is 10.8 Å². The molecule has 0 aliphatic carbocycles. The third-order valence-corrected chi connectivity index (χ3v) is 8.24. The maximum absolute atomic E-state index is 13.7. The SMILES string of the molecule is O=C(CN1c2cccc3cccc(c23)S1(=O)=O)NC1CCSc2ccc(F)cc21. The van der Waals surface area contributed by atoms with Crippen LogP contribution >= 0.6 is 11.8 Å². The van der Waals surface area contributed by atoms with Gasteiger partial charge in [0.15, 0.2) is 0 Å². The summed E-state index contributed by atoms with van der Waals surface area (Å²) in [5, 5.41) is 4.36. The zero-order valence-corrected chi connectivity index (χ0v) is 16.9. The number of benzene rings is 3. The Bertz CT molecular complexity index is 1250. The molecule has 5 rings (SSSR count). The standard InChI is InChI=1S/C21H17FN2O3S2/c22-14-7-8-18-15(11-14)16(9-10-28-18)23-20(25)12-24-17-5-1-3-13-4-2-6-19(21(13)17)29(24,26)27/h1-8,11,16H,9-10,12H2,(H,23,25). The molecule has 8 heteroatoms. The Morgan fingerprint density at radius 3 is 2.79 bits per heavy atom. The van der Waals surface area contributed by atoms with Crippen LogP contribution in [0.3, 0.4) is 0 Å². The van der Waals surface area contributed by atoms with Gasteiger partial charge in [0.1, 0.15) is 12.4 Å². The second-order valence-electron chi connectivity index (χ2n) is 7.08. The number of hydrogen-bond acceptors (Lipinski definition) is 4. The van der Waals surface area contributed by atoms with Crippen LogP contribution in [0, 0.1) is 5.82 Å². The molecule has 3 aromatic carbocycles. The molecular weight excluding hydrogens is 411 g/mol. The van der Waals surface area contributed by atoms with Crippen molar-refractivity contribution in [1.29, 1.82) is 0 Å². The average molecular weight is 429 g/mol. The van der Waals surface area contributed by atoms with Gasteiger partial charge in [-0.3, -0.25) is 9.10 Å². The lowest BCUT2D eigenvalue weighted by molar-refractivity contribution is -0.120. The summed E-state index contributed by atoms with van der Waals surface area (Å²) in [5.41, 5.74) is 1.25. The van der Waals surface area contributed by atoms with Gasteiger partial charge >= 0.3 is 0 Å². The lowest BCUT2D eigenvalue weighted by Crippen LogP contribution is -2.41. The van der Waals surface area contributed by atoms with Gasteiger partial charge < -0.3 is 5.32 Å². The fourth-order valence-electron chi connectivity index (χ4n) is 4.01. The van der Waals surface area contributed by atoms with Gasteiger partial charge in [0.2, 0.25) is 5.91 Å². The third kappa shape index (κ3) is 2.98. The minimum atomic E-state index is -3.79. The molecule has 5 nitrogen and oxygen atoms in total. The Balaban J connectivity index is 1.43. The molecule has 1 unspecified atom stereocenters. The van der Waals surface area contributed by atoms with Gasteiger partial charge in [0.25, 0.3) is 10.0 Å². The van der Waals surface area contributed by atoms with E-state index in [9.17, 15) is 17.6 Å². The van der Waals surface area contributed by atoms with Crippen molar-refractivity contribution in [2.24, 2.45) is 0 Å². The van der Waals surface area contributed by atoms with Gasteiger partial charge in [-0.2, -0.15) is 0 Å². The largest absolute Gasteiger partial charge is 0.348 e. The van der Waals surface area contributed by atoms with E-state index in [-0.39, 0.29) is 23.3 Å². The summed E-state index contributed by atoms with van der Waals surface area (Å²) in [7, 11) is -3.79. The van der Waals surface area contributed by atoms with Gasteiger partial charge in [-0.25, -0.2) is 12.8 Å². The van der Waals surface area contributed by atoms with E-state index in [0.717, 1.165) is 25.9 Å². The molecule has 2 heterocycles. The molecular formula is C21H17FN2O3S2. The quantitative estimate of drug-likeness (QED) is 0.688. The van der Waals surface area contributed by atoms with Crippen molar-refractivity contribution >= 4 is 44.2 Å². The van der Waals surface area contributed by atoms with Crippen molar-refractivity contribution in [3.05, 3.63) is 66.0 Å². The highest BCUT2D eigenvalue weighted by Gasteiger charge is 2.37. The number of carbonyl (C=O) groups is 1. The summed E-state index contributed by atoms with van der Waals surface area (Å²) >= 11 is 1.62. The van der Waals surface area contributed by atoms with E-state index in [2.05, 4.69) is 5.32 Å². The summed E-state index contributed by atoms with van der Waals surface area (Å²) in [6.07, 6.45) is 0.662. The molecule has 148 valence electrons. The fraction of sp³-hybridized carbons (Fsp3) is 0.190. The monoisotopic (exact) mass is 428 g/mol. The molecule has 0 fully saturated rings. The van der Waals surface area contributed by atoms with E-state index < -0.39 is 15.9 Å². The number of sulfonamides is 1. The highest BCUT2D eigenvalue weighted by Crippen LogP contribution is 2.42. The summed E-state index contributed by atoms with van der Waals surface area (Å²) in [6, 6.07) is 14.7. The summed E-state index contributed by atoms with van der Waals surface area (Å²) in [6.45, 7) is -0.315. The number of amides is 1. The topological polar surface area (TPSA) is 66.5 Å². The van der Waals surface area contributed by atoms with E-state index in [4.69, 9.17) is 0 Å². The maximum atomic E-state index is 13.7. The number of nitrogens with zero attached hydrogens (tertiary/aromatic N) is 1. The predicted octanol–water partition coefficient (Wildman–Crippen LogP) is 3.84. The number of thioether (sulfide) groups is 1. The van der Waals surface area contributed by atoms with Gasteiger partial charge in [0, 0.05) is 16.0 Å².